The maximum Gasteiger partial charge on any atom is 0.322 e. The number of hydrogen-bond acceptors (Lipinski definition) is 3. The van der Waals surface area contributed by atoms with Crippen LogP contribution in [0.5, 0.6) is 0 Å². The third-order valence-corrected chi connectivity index (χ3v) is 2.33. The van der Waals surface area contributed by atoms with Crippen LogP contribution in [0.3, 0.4) is 0 Å². The molecule has 2 atom stereocenters. The Balaban J connectivity index is 4.90. The first-order chi connectivity index (χ1) is 6.56. The highest BCUT2D eigenvalue weighted by Crippen LogP contribution is 2.29. The van der Waals surface area contributed by atoms with Gasteiger partial charge in [-0.3, -0.25) is 9.64 Å². The van der Waals surface area contributed by atoms with Crippen LogP contribution in [-0.4, -0.2) is 18.6 Å². The van der Waals surface area contributed by atoms with Gasteiger partial charge in [0.05, 0.1) is 6.61 Å². The molecule has 14 heavy (non-hydrogen) atoms. The molecule has 0 saturated heterocycles. The summed E-state index contributed by atoms with van der Waals surface area (Å²) in [5, 5.41) is 8.74. The summed E-state index contributed by atoms with van der Waals surface area (Å²) in [4.78, 5) is 14.7. The van der Waals surface area contributed by atoms with Crippen LogP contribution in [0.1, 0.15) is 27.2 Å². The van der Waals surface area contributed by atoms with E-state index in [1.54, 1.807) is 20.8 Å². The van der Waals surface area contributed by atoms with E-state index >= 15 is 0 Å². The lowest BCUT2D eigenvalue weighted by atomic mass is 9.81. The predicted molar refractivity (Wildman–Crippen MR) is 51.0 cm³/mol. The Bertz CT molecular complexity index is 273. The van der Waals surface area contributed by atoms with Gasteiger partial charge in [-0.2, -0.15) is 5.26 Å². The van der Waals surface area contributed by atoms with Gasteiger partial charge in [-0.1, -0.05) is 6.92 Å². The van der Waals surface area contributed by atoms with Gasteiger partial charge in [-0.25, -0.2) is 6.57 Å². The van der Waals surface area contributed by atoms with Crippen LogP contribution in [0, 0.1) is 23.3 Å². The van der Waals surface area contributed by atoms with Gasteiger partial charge in [0.15, 0.2) is 11.5 Å². The van der Waals surface area contributed by atoms with Gasteiger partial charge in [-0.15, -0.1) is 0 Å². The van der Waals surface area contributed by atoms with E-state index in [0.29, 0.717) is 6.42 Å². The third kappa shape index (κ3) is 2.23. The maximum atomic E-state index is 11.5. The van der Waals surface area contributed by atoms with Crippen molar-refractivity contribution in [2.75, 3.05) is 6.61 Å². The molecule has 0 saturated carbocycles. The molecule has 0 aliphatic rings. The number of carbonyl (C=O) groups is 1. The van der Waals surface area contributed by atoms with E-state index < -0.39 is 17.4 Å². The molecule has 0 radical (unpaired) electrons. The highest BCUT2D eigenvalue weighted by Gasteiger charge is 2.46. The summed E-state index contributed by atoms with van der Waals surface area (Å²) in [5.41, 5.74) is -1.01. The molecule has 0 aliphatic carbocycles. The van der Waals surface area contributed by atoms with Crippen molar-refractivity contribution in [2.24, 2.45) is 5.41 Å². The van der Waals surface area contributed by atoms with Crippen LogP contribution >= 0.6 is 0 Å². The lowest BCUT2D eigenvalue weighted by molar-refractivity contribution is -0.154. The van der Waals surface area contributed by atoms with E-state index in [1.807, 2.05) is 6.07 Å². The Morgan fingerprint density at radius 3 is 2.57 bits per heavy atom. The van der Waals surface area contributed by atoms with Crippen molar-refractivity contribution in [3.05, 3.63) is 11.4 Å². The van der Waals surface area contributed by atoms with E-state index in [4.69, 9.17) is 16.6 Å². The first kappa shape index (κ1) is 12.4. The summed E-state index contributed by atoms with van der Waals surface area (Å²) < 4.78 is 4.85. The van der Waals surface area contributed by atoms with Gasteiger partial charge in [0.25, 0.3) is 0 Å². The summed E-state index contributed by atoms with van der Waals surface area (Å²) in [5.74, 6) is -0.468. The minimum Gasteiger partial charge on any atom is -0.465 e. The summed E-state index contributed by atoms with van der Waals surface area (Å²) in [6, 6.07) is 0.861. The Morgan fingerprint density at radius 1 is 1.71 bits per heavy atom. The van der Waals surface area contributed by atoms with E-state index in [-0.39, 0.29) is 6.61 Å². The van der Waals surface area contributed by atoms with Gasteiger partial charge >= 0.3 is 12.0 Å². The number of esters is 1. The average molecular weight is 194 g/mol. The molecule has 0 spiro atoms. The monoisotopic (exact) mass is 194 g/mol. The van der Waals surface area contributed by atoms with Crippen LogP contribution in [0.2, 0.25) is 0 Å². The molecule has 0 fully saturated rings. The molecule has 76 valence electrons. The number of carbonyl (C=O) groups excluding carboxylic acids is 1. The van der Waals surface area contributed by atoms with Crippen LogP contribution in [0.15, 0.2) is 0 Å². The fraction of sp³-hybridized carbons (Fsp3) is 0.700. The Morgan fingerprint density at radius 2 is 2.29 bits per heavy atom. The second kappa shape index (κ2) is 5.24. The smallest absolute Gasteiger partial charge is 0.322 e. The molecule has 0 heterocycles. The second-order valence-corrected chi connectivity index (χ2v) is 3.15. The molecule has 0 aromatic rings. The summed E-state index contributed by atoms with van der Waals surface area (Å²) >= 11 is 0. The standard InChI is InChI=1S/C10H14N2O2/c1-5-10(3,8(7-11)12-4)9(13)14-6-2/h8H,5-6H2,1-3H3. The van der Waals surface area contributed by atoms with Crippen molar-refractivity contribution in [1.82, 2.24) is 0 Å². The molecule has 0 bridgehead atoms. The first-order valence-electron chi connectivity index (χ1n) is 4.50. The Kier molecular flexibility index (Phi) is 4.66. The molecule has 0 N–H and O–H groups in total. The van der Waals surface area contributed by atoms with Crippen molar-refractivity contribution >= 4 is 5.97 Å². The molecule has 0 amide bonds. The average Bonchev–Trinajstić information content (AvgIpc) is 2.19. The Labute approximate surface area is 84.3 Å². The fourth-order valence-electron chi connectivity index (χ4n) is 1.06. The van der Waals surface area contributed by atoms with E-state index in [1.165, 1.54) is 0 Å². The molecule has 2 unspecified atom stereocenters. The van der Waals surface area contributed by atoms with Crippen molar-refractivity contribution in [2.45, 2.75) is 33.2 Å². The molecule has 4 heteroatoms. The van der Waals surface area contributed by atoms with Gasteiger partial charge in [-0.05, 0) is 20.3 Å². The maximum absolute atomic E-state index is 11.5. The number of nitrogens with zero attached hydrogens (tertiary/aromatic N) is 2. The molecule has 0 aromatic carbocycles. The SMILES string of the molecule is [C-]#[N+]C(C#N)C(C)(CC)C(=O)OCC. The molecule has 4 nitrogen and oxygen atoms in total. The first-order valence-corrected chi connectivity index (χ1v) is 4.50. The molecule has 0 rings (SSSR count). The van der Waals surface area contributed by atoms with E-state index in [2.05, 4.69) is 4.85 Å². The number of nitriles is 1. The highest BCUT2D eigenvalue weighted by atomic mass is 16.5. The van der Waals surface area contributed by atoms with Crippen molar-refractivity contribution in [3.8, 4) is 6.07 Å². The molecular formula is C10H14N2O2. The lowest BCUT2D eigenvalue weighted by Crippen LogP contribution is -2.38. The summed E-state index contributed by atoms with van der Waals surface area (Å²) in [6.07, 6.45) is 0.423. The molecule has 0 aliphatic heterocycles. The van der Waals surface area contributed by atoms with E-state index in [0.717, 1.165) is 0 Å². The molecule has 0 aromatic heterocycles. The zero-order valence-electron chi connectivity index (χ0n) is 8.70. The topological polar surface area (TPSA) is 54.5 Å². The third-order valence-electron chi connectivity index (χ3n) is 2.33. The summed E-state index contributed by atoms with van der Waals surface area (Å²) in [7, 11) is 0. The Hall–Kier alpha value is -1.55. The summed E-state index contributed by atoms with van der Waals surface area (Å²) in [6.45, 7) is 12.2. The van der Waals surface area contributed by atoms with Crippen LogP contribution in [0.4, 0.5) is 0 Å². The van der Waals surface area contributed by atoms with Crippen LogP contribution < -0.4 is 0 Å². The number of hydrogen-bond donors (Lipinski definition) is 0. The number of ether oxygens (including phenoxy) is 1. The minimum absolute atomic E-state index is 0.268. The highest BCUT2D eigenvalue weighted by molar-refractivity contribution is 5.78. The quantitative estimate of drug-likeness (QED) is 0.506. The van der Waals surface area contributed by atoms with Gasteiger partial charge in [0.2, 0.25) is 0 Å². The van der Waals surface area contributed by atoms with Gasteiger partial charge in [0, 0.05) is 0 Å². The zero-order valence-corrected chi connectivity index (χ0v) is 8.70. The predicted octanol–water partition coefficient (Wildman–Crippen LogP) is 1.78. The van der Waals surface area contributed by atoms with Crippen molar-refractivity contribution in [3.63, 3.8) is 0 Å². The normalized spacial score (nSPS) is 15.8. The van der Waals surface area contributed by atoms with E-state index in [9.17, 15) is 4.79 Å². The van der Waals surface area contributed by atoms with Crippen LogP contribution in [-0.2, 0) is 9.53 Å². The fourth-order valence-corrected chi connectivity index (χ4v) is 1.06. The van der Waals surface area contributed by atoms with Gasteiger partial charge < -0.3 is 4.74 Å². The molecular weight excluding hydrogens is 180 g/mol. The minimum atomic E-state index is -1.01. The second-order valence-electron chi connectivity index (χ2n) is 3.15. The zero-order chi connectivity index (χ0) is 11.2. The van der Waals surface area contributed by atoms with Crippen molar-refractivity contribution in [1.29, 1.82) is 5.26 Å². The number of rotatable bonds is 4. The largest absolute Gasteiger partial charge is 0.465 e. The lowest BCUT2D eigenvalue weighted by Gasteiger charge is -2.22. The van der Waals surface area contributed by atoms with Crippen molar-refractivity contribution < 1.29 is 9.53 Å². The van der Waals surface area contributed by atoms with Crippen LogP contribution in [0.25, 0.3) is 4.85 Å². The van der Waals surface area contributed by atoms with Gasteiger partial charge in [0.1, 0.15) is 0 Å².